The van der Waals surface area contributed by atoms with E-state index in [4.69, 9.17) is 4.74 Å². The number of aryl methyl sites for hydroxylation is 1. The zero-order valence-electron chi connectivity index (χ0n) is 12.0. The number of para-hydroxylation sites is 1. The summed E-state index contributed by atoms with van der Waals surface area (Å²) in [4.78, 5) is 4.09. The van der Waals surface area contributed by atoms with E-state index in [2.05, 4.69) is 4.98 Å². The van der Waals surface area contributed by atoms with E-state index in [9.17, 15) is 5.11 Å². The van der Waals surface area contributed by atoms with Crippen LogP contribution in [0, 0.1) is 0 Å². The van der Waals surface area contributed by atoms with Crippen LogP contribution in [0.2, 0.25) is 0 Å². The van der Waals surface area contributed by atoms with Crippen molar-refractivity contribution in [3.8, 4) is 5.75 Å². The van der Waals surface area contributed by atoms with Crippen LogP contribution in [0.4, 0.5) is 0 Å². The summed E-state index contributed by atoms with van der Waals surface area (Å²) in [7, 11) is 0. The van der Waals surface area contributed by atoms with E-state index >= 15 is 0 Å². The third kappa shape index (κ3) is 4.07. The van der Waals surface area contributed by atoms with Crippen molar-refractivity contribution < 1.29 is 9.84 Å². The fraction of sp³-hybridized carbons (Fsp3) is 0.353. The molecule has 0 aliphatic rings. The number of aromatic nitrogens is 1. The number of hydrogen-bond acceptors (Lipinski definition) is 3. The zero-order chi connectivity index (χ0) is 14.4. The van der Waals surface area contributed by atoms with Gasteiger partial charge in [-0.3, -0.25) is 4.98 Å². The molecule has 2 rings (SSSR count). The third-order valence-corrected chi connectivity index (χ3v) is 3.07. The first-order chi connectivity index (χ1) is 9.66. The molecule has 1 unspecified atom stereocenters. The van der Waals surface area contributed by atoms with E-state index < -0.39 is 6.10 Å². The fourth-order valence-electron chi connectivity index (χ4n) is 2.12. The predicted octanol–water partition coefficient (Wildman–Crippen LogP) is 3.54. The summed E-state index contributed by atoms with van der Waals surface area (Å²) in [5.41, 5.74) is 1.99. The summed E-state index contributed by atoms with van der Waals surface area (Å²) in [6, 6.07) is 11.6. The Morgan fingerprint density at radius 3 is 2.65 bits per heavy atom. The molecule has 106 valence electrons. The Hall–Kier alpha value is -1.87. The minimum absolute atomic E-state index is 0.0988. The van der Waals surface area contributed by atoms with Gasteiger partial charge in [0.1, 0.15) is 5.75 Å². The Balaban J connectivity index is 2.03. The molecular formula is C17H21NO2. The number of aliphatic hydroxyl groups excluding tert-OH is 1. The van der Waals surface area contributed by atoms with Gasteiger partial charge in [-0.05, 0) is 44.4 Å². The van der Waals surface area contributed by atoms with Gasteiger partial charge in [0.05, 0.1) is 12.2 Å². The molecule has 0 saturated carbocycles. The maximum absolute atomic E-state index is 10.4. The second-order valence-electron chi connectivity index (χ2n) is 5.12. The number of hydrogen-bond donors (Lipinski definition) is 1. The van der Waals surface area contributed by atoms with Crippen LogP contribution in [-0.2, 0) is 6.42 Å². The average molecular weight is 271 g/mol. The largest absolute Gasteiger partial charge is 0.491 e. The summed E-state index contributed by atoms with van der Waals surface area (Å²) in [5.74, 6) is 0.765. The maximum atomic E-state index is 10.4. The van der Waals surface area contributed by atoms with E-state index in [1.54, 1.807) is 6.20 Å². The SMILES string of the molecule is CC(C)Oc1ccccc1C(O)CCc1cccnc1. The van der Waals surface area contributed by atoms with Crippen LogP contribution in [0.5, 0.6) is 5.75 Å². The zero-order valence-corrected chi connectivity index (χ0v) is 12.0. The van der Waals surface area contributed by atoms with Crippen molar-refractivity contribution in [2.75, 3.05) is 0 Å². The van der Waals surface area contributed by atoms with Crippen LogP contribution in [0.3, 0.4) is 0 Å². The van der Waals surface area contributed by atoms with Crippen LogP contribution in [-0.4, -0.2) is 16.2 Å². The van der Waals surface area contributed by atoms with Crippen molar-refractivity contribution in [3.63, 3.8) is 0 Å². The molecule has 1 aromatic heterocycles. The van der Waals surface area contributed by atoms with Gasteiger partial charge >= 0.3 is 0 Å². The molecule has 1 atom stereocenters. The van der Waals surface area contributed by atoms with Gasteiger partial charge in [0.2, 0.25) is 0 Å². The van der Waals surface area contributed by atoms with Gasteiger partial charge in [-0.2, -0.15) is 0 Å². The highest BCUT2D eigenvalue weighted by molar-refractivity contribution is 5.35. The van der Waals surface area contributed by atoms with Gasteiger partial charge in [-0.15, -0.1) is 0 Å². The molecule has 1 heterocycles. The molecule has 2 aromatic rings. The number of benzene rings is 1. The molecule has 0 aliphatic heterocycles. The normalized spacial score (nSPS) is 12.4. The molecule has 20 heavy (non-hydrogen) atoms. The molecule has 0 aliphatic carbocycles. The molecule has 0 bridgehead atoms. The van der Waals surface area contributed by atoms with E-state index in [1.807, 2.05) is 56.4 Å². The minimum atomic E-state index is -0.523. The molecule has 0 spiro atoms. The van der Waals surface area contributed by atoms with Gasteiger partial charge < -0.3 is 9.84 Å². The highest BCUT2D eigenvalue weighted by atomic mass is 16.5. The Kier molecular flexibility index (Phi) is 5.13. The topological polar surface area (TPSA) is 42.4 Å². The molecule has 1 N–H and O–H groups in total. The number of pyridine rings is 1. The lowest BCUT2D eigenvalue weighted by atomic mass is 10.0. The first-order valence-electron chi connectivity index (χ1n) is 6.99. The second kappa shape index (κ2) is 7.06. The predicted molar refractivity (Wildman–Crippen MR) is 79.7 cm³/mol. The van der Waals surface area contributed by atoms with Gasteiger partial charge in [0.25, 0.3) is 0 Å². The van der Waals surface area contributed by atoms with Crippen LogP contribution in [0.25, 0.3) is 0 Å². The quantitative estimate of drug-likeness (QED) is 0.874. The van der Waals surface area contributed by atoms with Gasteiger partial charge in [-0.1, -0.05) is 24.3 Å². The van der Waals surface area contributed by atoms with Gasteiger partial charge in [0, 0.05) is 18.0 Å². The van der Waals surface area contributed by atoms with E-state index in [0.29, 0.717) is 6.42 Å². The van der Waals surface area contributed by atoms with Crippen molar-refractivity contribution in [1.82, 2.24) is 4.98 Å². The standard InChI is InChI=1S/C17H21NO2/c1-13(2)20-17-8-4-3-7-15(17)16(19)10-9-14-6-5-11-18-12-14/h3-8,11-13,16,19H,9-10H2,1-2H3. The number of nitrogens with zero attached hydrogens (tertiary/aromatic N) is 1. The first-order valence-corrected chi connectivity index (χ1v) is 6.99. The molecule has 3 nitrogen and oxygen atoms in total. The maximum Gasteiger partial charge on any atom is 0.125 e. The molecular weight excluding hydrogens is 250 g/mol. The summed E-state index contributed by atoms with van der Waals surface area (Å²) >= 11 is 0. The van der Waals surface area contributed by atoms with Crippen molar-refractivity contribution in [2.24, 2.45) is 0 Å². The highest BCUT2D eigenvalue weighted by Gasteiger charge is 2.14. The van der Waals surface area contributed by atoms with Crippen LogP contribution in [0.15, 0.2) is 48.8 Å². The number of rotatable bonds is 6. The molecule has 0 saturated heterocycles. The van der Waals surface area contributed by atoms with Crippen molar-refractivity contribution in [1.29, 1.82) is 0 Å². The summed E-state index contributed by atoms with van der Waals surface area (Å²) in [6.07, 6.45) is 4.62. The number of ether oxygens (including phenoxy) is 1. The second-order valence-corrected chi connectivity index (χ2v) is 5.12. The Bertz CT molecular complexity index is 526. The Morgan fingerprint density at radius 1 is 1.15 bits per heavy atom. The van der Waals surface area contributed by atoms with Gasteiger partial charge in [0.15, 0.2) is 0 Å². The van der Waals surface area contributed by atoms with Crippen LogP contribution in [0.1, 0.15) is 37.5 Å². The Morgan fingerprint density at radius 2 is 1.95 bits per heavy atom. The van der Waals surface area contributed by atoms with Crippen molar-refractivity contribution >= 4 is 0 Å². The molecule has 0 amide bonds. The lowest BCUT2D eigenvalue weighted by molar-refractivity contribution is 0.157. The van der Waals surface area contributed by atoms with Crippen LogP contribution < -0.4 is 4.74 Å². The van der Waals surface area contributed by atoms with E-state index in [0.717, 1.165) is 23.3 Å². The van der Waals surface area contributed by atoms with Crippen molar-refractivity contribution in [3.05, 3.63) is 59.9 Å². The smallest absolute Gasteiger partial charge is 0.125 e. The lowest BCUT2D eigenvalue weighted by Crippen LogP contribution is -2.09. The summed E-state index contributed by atoms with van der Waals surface area (Å²) in [6.45, 7) is 3.97. The first kappa shape index (κ1) is 14.5. The molecule has 0 radical (unpaired) electrons. The molecule has 1 aromatic carbocycles. The molecule has 3 heteroatoms. The molecule has 0 fully saturated rings. The Labute approximate surface area is 120 Å². The number of aliphatic hydroxyl groups is 1. The highest BCUT2D eigenvalue weighted by Crippen LogP contribution is 2.28. The lowest BCUT2D eigenvalue weighted by Gasteiger charge is -2.18. The van der Waals surface area contributed by atoms with Gasteiger partial charge in [-0.25, -0.2) is 0 Å². The third-order valence-electron chi connectivity index (χ3n) is 3.07. The summed E-state index contributed by atoms with van der Waals surface area (Å²) in [5, 5.41) is 10.4. The minimum Gasteiger partial charge on any atom is -0.491 e. The van der Waals surface area contributed by atoms with E-state index in [-0.39, 0.29) is 6.10 Å². The summed E-state index contributed by atoms with van der Waals surface area (Å²) < 4.78 is 5.75. The fourth-order valence-corrected chi connectivity index (χ4v) is 2.12. The monoisotopic (exact) mass is 271 g/mol. The average Bonchev–Trinajstić information content (AvgIpc) is 2.46. The van der Waals surface area contributed by atoms with E-state index in [1.165, 1.54) is 0 Å². The van der Waals surface area contributed by atoms with Crippen LogP contribution >= 0.6 is 0 Å². The van der Waals surface area contributed by atoms with Crippen molar-refractivity contribution in [2.45, 2.75) is 38.9 Å².